The van der Waals surface area contributed by atoms with Crippen molar-refractivity contribution in [1.29, 1.82) is 0 Å². The van der Waals surface area contributed by atoms with Gasteiger partial charge in [0.1, 0.15) is 11.6 Å². The number of rotatable bonds is 11. The van der Waals surface area contributed by atoms with Crippen molar-refractivity contribution in [3.05, 3.63) is 89.1 Å². The van der Waals surface area contributed by atoms with Gasteiger partial charge in [-0.05, 0) is 66.8 Å². The van der Waals surface area contributed by atoms with Crippen molar-refractivity contribution in [3.8, 4) is 5.75 Å². The maximum atomic E-state index is 12.9. The third-order valence-electron chi connectivity index (χ3n) is 5.52. The summed E-state index contributed by atoms with van der Waals surface area (Å²) in [6, 6.07) is 18.2. The molecule has 0 bridgehead atoms. The SMILES string of the molecule is CCOC(=O)CC(Cc1ccc(OCCc2cccc(NC)n2)cc1)c1ccc(C(F)(F)F)cc1. The molecular weight excluding hydrogens is 457 g/mol. The number of carbonyl (C=O) groups excluding carboxylic acids is 1. The summed E-state index contributed by atoms with van der Waals surface area (Å²) in [6.07, 6.45) is -3.19. The number of nitrogens with zero attached hydrogens (tertiary/aromatic N) is 1. The summed E-state index contributed by atoms with van der Waals surface area (Å²) in [5.41, 5.74) is 1.80. The molecule has 35 heavy (non-hydrogen) atoms. The van der Waals surface area contributed by atoms with E-state index in [1.165, 1.54) is 12.1 Å². The number of anilines is 1. The Hall–Kier alpha value is -3.55. The Labute approximate surface area is 203 Å². The van der Waals surface area contributed by atoms with Crippen LogP contribution in [-0.2, 0) is 28.5 Å². The van der Waals surface area contributed by atoms with Gasteiger partial charge in [0.05, 0.1) is 25.2 Å². The number of aromatic nitrogens is 1. The van der Waals surface area contributed by atoms with Crippen LogP contribution in [0.3, 0.4) is 0 Å². The number of hydrogen-bond donors (Lipinski definition) is 1. The Morgan fingerprint density at radius 1 is 1.03 bits per heavy atom. The summed E-state index contributed by atoms with van der Waals surface area (Å²) < 4.78 is 49.7. The van der Waals surface area contributed by atoms with E-state index in [-0.39, 0.29) is 24.9 Å². The summed E-state index contributed by atoms with van der Waals surface area (Å²) in [5, 5.41) is 3.01. The minimum atomic E-state index is -4.41. The molecule has 186 valence electrons. The van der Waals surface area contributed by atoms with Gasteiger partial charge < -0.3 is 14.8 Å². The van der Waals surface area contributed by atoms with Crippen LogP contribution >= 0.6 is 0 Å². The molecule has 0 aliphatic heterocycles. The van der Waals surface area contributed by atoms with Gasteiger partial charge in [-0.15, -0.1) is 0 Å². The first kappa shape index (κ1) is 26.1. The number of pyridine rings is 1. The normalized spacial score (nSPS) is 12.1. The second-order valence-corrected chi connectivity index (χ2v) is 8.04. The van der Waals surface area contributed by atoms with E-state index in [1.54, 1.807) is 6.92 Å². The number of benzene rings is 2. The largest absolute Gasteiger partial charge is 0.493 e. The van der Waals surface area contributed by atoms with Gasteiger partial charge in [-0.3, -0.25) is 4.79 Å². The molecule has 8 heteroatoms. The lowest BCUT2D eigenvalue weighted by molar-refractivity contribution is -0.143. The molecule has 5 nitrogen and oxygen atoms in total. The van der Waals surface area contributed by atoms with E-state index in [9.17, 15) is 18.0 Å². The molecule has 1 unspecified atom stereocenters. The van der Waals surface area contributed by atoms with Gasteiger partial charge >= 0.3 is 12.1 Å². The van der Waals surface area contributed by atoms with Crippen LogP contribution in [0, 0.1) is 0 Å². The van der Waals surface area contributed by atoms with E-state index in [1.807, 2.05) is 49.5 Å². The molecule has 1 heterocycles. The number of alkyl halides is 3. The fourth-order valence-electron chi connectivity index (χ4n) is 3.71. The molecule has 3 rings (SSSR count). The van der Waals surface area contributed by atoms with Crippen molar-refractivity contribution in [2.75, 3.05) is 25.6 Å². The highest BCUT2D eigenvalue weighted by atomic mass is 19.4. The average Bonchev–Trinajstić information content (AvgIpc) is 2.84. The molecule has 0 aliphatic carbocycles. The quantitative estimate of drug-likeness (QED) is 0.335. The Morgan fingerprint density at radius 2 is 1.74 bits per heavy atom. The lowest BCUT2D eigenvalue weighted by Gasteiger charge is -2.18. The second kappa shape index (κ2) is 12.2. The Morgan fingerprint density at radius 3 is 2.37 bits per heavy atom. The fourth-order valence-corrected chi connectivity index (χ4v) is 3.71. The molecule has 0 aliphatic rings. The first-order valence-corrected chi connectivity index (χ1v) is 11.5. The lowest BCUT2D eigenvalue weighted by atomic mass is 9.88. The average molecular weight is 487 g/mol. The van der Waals surface area contributed by atoms with Crippen LogP contribution in [0.25, 0.3) is 0 Å². The molecule has 0 saturated heterocycles. The van der Waals surface area contributed by atoms with Crippen molar-refractivity contribution in [2.24, 2.45) is 0 Å². The monoisotopic (exact) mass is 486 g/mol. The van der Waals surface area contributed by atoms with E-state index in [2.05, 4.69) is 10.3 Å². The highest BCUT2D eigenvalue weighted by Crippen LogP contribution is 2.32. The molecule has 3 aromatic rings. The maximum absolute atomic E-state index is 12.9. The molecule has 0 spiro atoms. The standard InChI is InChI=1S/C27H29F3N2O3/c1-3-34-26(33)18-21(20-9-11-22(12-10-20)27(28,29)30)17-19-7-13-24(14-8-19)35-16-15-23-5-4-6-25(31-2)32-23/h4-14,21H,3,15-18H2,1-2H3,(H,31,32). The number of nitrogens with one attached hydrogen (secondary N) is 1. The summed E-state index contributed by atoms with van der Waals surface area (Å²) in [5.74, 6) is 0.814. The Bertz CT molecular complexity index is 1080. The molecule has 0 radical (unpaired) electrons. The summed E-state index contributed by atoms with van der Waals surface area (Å²) >= 11 is 0. The van der Waals surface area contributed by atoms with Crippen molar-refractivity contribution in [1.82, 2.24) is 4.98 Å². The summed E-state index contributed by atoms with van der Waals surface area (Å²) in [7, 11) is 1.82. The fraction of sp³-hybridized carbons (Fsp3) is 0.333. The highest BCUT2D eigenvalue weighted by Gasteiger charge is 2.30. The van der Waals surface area contributed by atoms with Crippen LogP contribution in [-0.4, -0.2) is 31.2 Å². The Balaban J connectivity index is 1.64. The van der Waals surface area contributed by atoms with Gasteiger partial charge in [0.15, 0.2) is 0 Å². The van der Waals surface area contributed by atoms with Crippen molar-refractivity contribution < 1.29 is 27.4 Å². The molecule has 0 amide bonds. The van der Waals surface area contributed by atoms with Gasteiger partial charge in [-0.2, -0.15) is 13.2 Å². The zero-order valence-corrected chi connectivity index (χ0v) is 19.8. The van der Waals surface area contributed by atoms with Crippen LogP contribution in [0.2, 0.25) is 0 Å². The zero-order valence-electron chi connectivity index (χ0n) is 19.8. The first-order chi connectivity index (χ1) is 16.8. The molecule has 1 N–H and O–H groups in total. The van der Waals surface area contributed by atoms with E-state index in [0.29, 0.717) is 30.8 Å². The van der Waals surface area contributed by atoms with Crippen molar-refractivity contribution in [2.45, 2.75) is 38.3 Å². The van der Waals surface area contributed by atoms with Gasteiger partial charge in [0.2, 0.25) is 0 Å². The van der Waals surface area contributed by atoms with E-state index in [4.69, 9.17) is 9.47 Å². The van der Waals surface area contributed by atoms with Crippen molar-refractivity contribution >= 4 is 11.8 Å². The van der Waals surface area contributed by atoms with E-state index < -0.39 is 11.7 Å². The maximum Gasteiger partial charge on any atom is 0.416 e. The predicted octanol–water partition coefficient (Wildman–Crippen LogP) is 6.04. The van der Waals surface area contributed by atoms with Crippen LogP contribution in [0.5, 0.6) is 5.75 Å². The van der Waals surface area contributed by atoms with Gasteiger partial charge in [-0.25, -0.2) is 4.98 Å². The van der Waals surface area contributed by atoms with Crippen LogP contribution < -0.4 is 10.1 Å². The minimum absolute atomic E-state index is 0.0795. The minimum Gasteiger partial charge on any atom is -0.493 e. The number of halogens is 3. The van der Waals surface area contributed by atoms with Crippen LogP contribution in [0.15, 0.2) is 66.7 Å². The first-order valence-electron chi connectivity index (χ1n) is 11.5. The molecule has 2 aromatic carbocycles. The predicted molar refractivity (Wildman–Crippen MR) is 129 cm³/mol. The molecule has 1 aromatic heterocycles. The topological polar surface area (TPSA) is 60.5 Å². The molecule has 1 atom stereocenters. The van der Waals surface area contributed by atoms with Gasteiger partial charge in [0, 0.05) is 19.2 Å². The third-order valence-corrected chi connectivity index (χ3v) is 5.52. The molecule has 0 fully saturated rings. The smallest absolute Gasteiger partial charge is 0.416 e. The van der Waals surface area contributed by atoms with Crippen LogP contribution in [0.1, 0.15) is 41.6 Å². The van der Waals surface area contributed by atoms with E-state index >= 15 is 0 Å². The summed E-state index contributed by atoms with van der Waals surface area (Å²) in [4.78, 5) is 16.6. The molecule has 0 saturated carbocycles. The van der Waals surface area contributed by atoms with Crippen LogP contribution in [0.4, 0.5) is 19.0 Å². The number of carbonyl (C=O) groups is 1. The number of hydrogen-bond acceptors (Lipinski definition) is 5. The summed E-state index contributed by atoms with van der Waals surface area (Å²) in [6.45, 7) is 2.44. The highest BCUT2D eigenvalue weighted by molar-refractivity contribution is 5.70. The van der Waals surface area contributed by atoms with E-state index in [0.717, 1.165) is 29.2 Å². The third kappa shape index (κ3) is 8.02. The second-order valence-electron chi connectivity index (χ2n) is 8.04. The Kier molecular flexibility index (Phi) is 9.11. The van der Waals surface area contributed by atoms with Gasteiger partial charge in [0.25, 0.3) is 0 Å². The van der Waals surface area contributed by atoms with Gasteiger partial charge in [-0.1, -0.05) is 30.3 Å². The van der Waals surface area contributed by atoms with Crippen molar-refractivity contribution in [3.63, 3.8) is 0 Å². The zero-order chi connectivity index (χ0) is 25.3. The number of esters is 1. The number of ether oxygens (including phenoxy) is 2. The lowest BCUT2D eigenvalue weighted by Crippen LogP contribution is -2.13. The molecular formula is C27H29F3N2O3.